The molecule has 98 valence electrons. The summed E-state index contributed by atoms with van der Waals surface area (Å²) in [6.45, 7) is 7.41. The first-order valence-corrected chi connectivity index (χ1v) is 6.68. The van der Waals surface area contributed by atoms with E-state index in [4.69, 9.17) is 0 Å². The lowest BCUT2D eigenvalue weighted by molar-refractivity contribution is -0.122. The van der Waals surface area contributed by atoms with Crippen molar-refractivity contribution in [2.45, 2.75) is 32.2 Å². The predicted molar refractivity (Wildman–Crippen MR) is 73.4 cm³/mol. The second-order valence-corrected chi connectivity index (χ2v) is 5.39. The van der Waals surface area contributed by atoms with E-state index in [0.29, 0.717) is 6.42 Å². The van der Waals surface area contributed by atoms with Crippen LogP contribution in [0.4, 0.5) is 0 Å². The molecule has 0 spiro atoms. The number of amides is 1. The molecule has 1 aromatic carbocycles. The first-order chi connectivity index (χ1) is 8.61. The van der Waals surface area contributed by atoms with Crippen molar-refractivity contribution in [3.05, 3.63) is 35.9 Å². The highest BCUT2D eigenvalue weighted by Crippen LogP contribution is 2.20. The molecule has 1 atom stereocenters. The van der Waals surface area contributed by atoms with Gasteiger partial charge in [0.2, 0.25) is 5.91 Å². The van der Waals surface area contributed by atoms with E-state index in [1.54, 1.807) is 0 Å². The molecule has 1 unspecified atom stereocenters. The highest BCUT2D eigenvalue weighted by molar-refractivity contribution is 5.79. The molecule has 2 rings (SSSR count). The van der Waals surface area contributed by atoms with Crippen molar-refractivity contribution in [2.24, 2.45) is 0 Å². The fourth-order valence-electron chi connectivity index (χ4n) is 2.59. The summed E-state index contributed by atoms with van der Waals surface area (Å²) >= 11 is 0. The summed E-state index contributed by atoms with van der Waals surface area (Å²) in [6, 6.07) is 9.90. The van der Waals surface area contributed by atoms with Crippen LogP contribution in [0.1, 0.15) is 25.8 Å². The third-order valence-electron chi connectivity index (χ3n) is 3.65. The van der Waals surface area contributed by atoms with Crippen LogP contribution in [0.15, 0.2) is 30.3 Å². The molecule has 1 aliphatic heterocycles. The Morgan fingerprint density at radius 3 is 2.72 bits per heavy atom. The molecule has 3 heteroatoms. The van der Waals surface area contributed by atoms with E-state index < -0.39 is 0 Å². The second kappa shape index (κ2) is 5.53. The average Bonchev–Trinajstić information content (AvgIpc) is 2.71. The molecule has 1 heterocycles. The molecule has 3 nitrogen and oxygen atoms in total. The zero-order valence-corrected chi connectivity index (χ0v) is 11.3. The van der Waals surface area contributed by atoms with Crippen LogP contribution < -0.4 is 5.32 Å². The van der Waals surface area contributed by atoms with Gasteiger partial charge >= 0.3 is 0 Å². The average molecular weight is 246 g/mol. The van der Waals surface area contributed by atoms with Gasteiger partial charge in [-0.15, -0.1) is 0 Å². The maximum Gasteiger partial charge on any atom is 0.224 e. The SMILES string of the molecule is CCN1CCC(C)(NC(=O)Cc2ccccc2)C1. The number of likely N-dealkylation sites (tertiary alicyclic amines) is 1. The Balaban J connectivity index is 1.88. The maximum atomic E-state index is 12.0. The van der Waals surface area contributed by atoms with E-state index in [1.165, 1.54) is 0 Å². The minimum Gasteiger partial charge on any atom is -0.349 e. The largest absolute Gasteiger partial charge is 0.349 e. The van der Waals surface area contributed by atoms with Gasteiger partial charge in [-0.05, 0) is 25.5 Å². The molecule has 0 aliphatic carbocycles. The van der Waals surface area contributed by atoms with Gasteiger partial charge in [-0.25, -0.2) is 0 Å². The van der Waals surface area contributed by atoms with Crippen LogP contribution in [-0.2, 0) is 11.2 Å². The van der Waals surface area contributed by atoms with Gasteiger partial charge in [-0.3, -0.25) is 4.79 Å². The van der Waals surface area contributed by atoms with E-state index >= 15 is 0 Å². The second-order valence-electron chi connectivity index (χ2n) is 5.39. The minimum atomic E-state index is -0.0537. The molecular formula is C15H22N2O. The lowest BCUT2D eigenvalue weighted by atomic mass is 10.0. The van der Waals surface area contributed by atoms with Crippen molar-refractivity contribution in [3.8, 4) is 0 Å². The number of hydrogen-bond acceptors (Lipinski definition) is 2. The summed E-state index contributed by atoms with van der Waals surface area (Å²) in [5, 5.41) is 3.19. The summed E-state index contributed by atoms with van der Waals surface area (Å²) in [5.41, 5.74) is 1.02. The summed E-state index contributed by atoms with van der Waals surface area (Å²) in [7, 11) is 0. The number of nitrogens with one attached hydrogen (secondary N) is 1. The van der Waals surface area contributed by atoms with Crippen molar-refractivity contribution in [1.29, 1.82) is 0 Å². The zero-order chi connectivity index (χ0) is 13.0. The van der Waals surface area contributed by atoms with Crippen LogP contribution in [0.2, 0.25) is 0 Å². The number of rotatable bonds is 4. The zero-order valence-electron chi connectivity index (χ0n) is 11.3. The van der Waals surface area contributed by atoms with Crippen LogP contribution in [0, 0.1) is 0 Å². The maximum absolute atomic E-state index is 12.0. The van der Waals surface area contributed by atoms with Gasteiger partial charge in [0.05, 0.1) is 12.0 Å². The highest BCUT2D eigenvalue weighted by Gasteiger charge is 2.33. The Hall–Kier alpha value is -1.35. The molecule has 0 saturated carbocycles. The summed E-state index contributed by atoms with van der Waals surface area (Å²) in [4.78, 5) is 14.4. The van der Waals surface area contributed by atoms with Crippen LogP contribution in [0.3, 0.4) is 0 Å². The van der Waals surface area contributed by atoms with E-state index in [-0.39, 0.29) is 11.4 Å². The molecular weight excluding hydrogens is 224 g/mol. The third kappa shape index (κ3) is 3.33. The molecule has 0 aromatic heterocycles. The van der Waals surface area contributed by atoms with Gasteiger partial charge in [0, 0.05) is 13.1 Å². The van der Waals surface area contributed by atoms with E-state index in [1.807, 2.05) is 30.3 Å². The van der Waals surface area contributed by atoms with Gasteiger partial charge in [-0.2, -0.15) is 0 Å². The van der Waals surface area contributed by atoms with Crippen LogP contribution >= 0.6 is 0 Å². The summed E-state index contributed by atoms with van der Waals surface area (Å²) in [6.07, 6.45) is 1.52. The number of carbonyl (C=O) groups excluding carboxylic acids is 1. The molecule has 1 fully saturated rings. The summed E-state index contributed by atoms with van der Waals surface area (Å²) < 4.78 is 0. The Morgan fingerprint density at radius 1 is 1.39 bits per heavy atom. The third-order valence-corrected chi connectivity index (χ3v) is 3.65. The smallest absolute Gasteiger partial charge is 0.224 e. The Kier molecular flexibility index (Phi) is 4.02. The Morgan fingerprint density at radius 2 is 2.11 bits per heavy atom. The normalized spacial score (nSPS) is 24.1. The van der Waals surface area contributed by atoms with Crippen molar-refractivity contribution < 1.29 is 4.79 Å². The van der Waals surface area contributed by atoms with Gasteiger partial charge in [-0.1, -0.05) is 37.3 Å². The molecule has 1 saturated heterocycles. The first-order valence-electron chi connectivity index (χ1n) is 6.68. The summed E-state index contributed by atoms with van der Waals surface area (Å²) in [5.74, 6) is 0.127. The number of hydrogen-bond donors (Lipinski definition) is 1. The Labute approximate surface area is 109 Å². The van der Waals surface area contributed by atoms with Gasteiger partial charge < -0.3 is 10.2 Å². The van der Waals surface area contributed by atoms with Crippen molar-refractivity contribution >= 4 is 5.91 Å². The Bertz CT molecular complexity index is 404. The number of carbonyl (C=O) groups is 1. The molecule has 1 amide bonds. The molecule has 1 N–H and O–H groups in total. The lowest BCUT2D eigenvalue weighted by Crippen LogP contribution is -2.48. The first kappa shape index (κ1) is 13.1. The monoisotopic (exact) mass is 246 g/mol. The number of benzene rings is 1. The van der Waals surface area contributed by atoms with Crippen LogP contribution in [0.25, 0.3) is 0 Å². The molecule has 0 bridgehead atoms. The quantitative estimate of drug-likeness (QED) is 0.879. The molecule has 18 heavy (non-hydrogen) atoms. The van der Waals surface area contributed by atoms with Crippen molar-refractivity contribution in [1.82, 2.24) is 10.2 Å². The molecule has 1 aliphatic rings. The lowest BCUT2D eigenvalue weighted by Gasteiger charge is -2.26. The van der Waals surface area contributed by atoms with Crippen molar-refractivity contribution in [2.75, 3.05) is 19.6 Å². The van der Waals surface area contributed by atoms with Crippen LogP contribution in [0.5, 0.6) is 0 Å². The molecule has 0 radical (unpaired) electrons. The number of nitrogens with zero attached hydrogens (tertiary/aromatic N) is 1. The topological polar surface area (TPSA) is 32.3 Å². The molecule has 1 aromatic rings. The van der Waals surface area contributed by atoms with E-state index in [9.17, 15) is 4.79 Å². The van der Waals surface area contributed by atoms with E-state index in [2.05, 4.69) is 24.1 Å². The van der Waals surface area contributed by atoms with Gasteiger partial charge in [0.1, 0.15) is 0 Å². The highest BCUT2D eigenvalue weighted by atomic mass is 16.1. The standard InChI is InChI=1S/C15H22N2O/c1-3-17-10-9-15(2,12-17)16-14(18)11-13-7-5-4-6-8-13/h4-8H,3,9-12H2,1-2H3,(H,16,18). The number of likely N-dealkylation sites (N-methyl/N-ethyl adjacent to an activating group) is 1. The van der Waals surface area contributed by atoms with Crippen LogP contribution in [-0.4, -0.2) is 36.0 Å². The fourth-order valence-corrected chi connectivity index (χ4v) is 2.59. The minimum absolute atomic E-state index is 0.0537. The van der Waals surface area contributed by atoms with Gasteiger partial charge in [0.15, 0.2) is 0 Å². The van der Waals surface area contributed by atoms with Gasteiger partial charge in [0.25, 0.3) is 0 Å². The van der Waals surface area contributed by atoms with Crippen molar-refractivity contribution in [3.63, 3.8) is 0 Å². The van der Waals surface area contributed by atoms with E-state index in [0.717, 1.165) is 31.6 Å². The fraction of sp³-hybridized carbons (Fsp3) is 0.533. The predicted octanol–water partition coefficient (Wildman–Crippen LogP) is 1.83.